The molecule has 8 heteroatoms. The first-order valence-corrected chi connectivity index (χ1v) is 9.14. The number of H-pyrrole nitrogens is 1. The molecule has 28 heavy (non-hydrogen) atoms. The molecular formula is C20H24N6O2. The number of aromatic nitrogens is 2. The Labute approximate surface area is 164 Å². The van der Waals surface area contributed by atoms with Crippen LogP contribution in [0.1, 0.15) is 28.0 Å². The smallest absolute Gasteiger partial charge is 0.253 e. The molecule has 3 rings (SSSR count). The van der Waals surface area contributed by atoms with Gasteiger partial charge in [-0.2, -0.15) is 5.26 Å². The van der Waals surface area contributed by atoms with Crippen LogP contribution >= 0.6 is 0 Å². The zero-order valence-corrected chi connectivity index (χ0v) is 16.3. The van der Waals surface area contributed by atoms with Gasteiger partial charge in [0.2, 0.25) is 5.95 Å². The van der Waals surface area contributed by atoms with Gasteiger partial charge in [0.05, 0.1) is 17.3 Å². The number of carbonyl (C=O) groups excluding carboxylic acids is 1. The quantitative estimate of drug-likeness (QED) is 0.833. The third kappa shape index (κ3) is 4.38. The number of hydrogen-bond donors (Lipinski definition) is 1. The SMILES string of the molecule is CN(C)c1nc(CN(C)[C@@H]2CCN(C(=O)c3cccc(C#N)c3)C2)cc(=O)[nH]1. The minimum Gasteiger partial charge on any atom is -0.348 e. The van der Waals surface area contributed by atoms with E-state index >= 15 is 0 Å². The first kappa shape index (κ1) is 19.6. The van der Waals surface area contributed by atoms with Crippen LogP contribution in [0.4, 0.5) is 5.95 Å². The molecule has 0 saturated carbocycles. The zero-order chi connectivity index (χ0) is 20.3. The van der Waals surface area contributed by atoms with E-state index < -0.39 is 0 Å². The number of hydrogen-bond acceptors (Lipinski definition) is 6. The Morgan fingerprint density at radius 1 is 1.36 bits per heavy atom. The molecular weight excluding hydrogens is 356 g/mol. The standard InChI is InChI=1S/C20H24N6O2/c1-24(2)20-22-16(10-18(27)23-20)12-25(3)17-7-8-26(13-17)19(28)15-6-4-5-14(9-15)11-21/h4-6,9-10,17H,7-8,12-13H2,1-3H3,(H,22,23,27)/t17-/m1/s1. The molecule has 1 aromatic carbocycles. The van der Waals surface area contributed by atoms with Gasteiger partial charge in [0.25, 0.3) is 11.5 Å². The average molecular weight is 380 g/mol. The van der Waals surface area contributed by atoms with Crippen LogP contribution in [0.2, 0.25) is 0 Å². The van der Waals surface area contributed by atoms with Crippen molar-refractivity contribution in [2.45, 2.75) is 19.0 Å². The number of benzene rings is 1. The van der Waals surface area contributed by atoms with Crippen molar-refractivity contribution in [1.29, 1.82) is 5.26 Å². The molecule has 0 radical (unpaired) electrons. The Bertz CT molecular complexity index is 962. The number of likely N-dealkylation sites (N-methyl/N-ethyl adjacent to an activating group) is 1. The van der Waals surface area contributed by atoms with Crippen LogP contribution in [-0.2, 0) is 6.54 Å². The second-order valence-corrected chi connectivity index (χ2v) is 7.26. The normalized spacial score (nSPS) is 16.2. The van der Waals surface area contributed by atoms with E-state index in [0.29, 0.717) is 42.4 Å². The number of aromatic amines is 1. The van der Waals surface area contributed by atoms with Crippen molar-refractivity contribution in [3.63, 3.8) is 0 Å². The second-order valence-electron chi connectivity index (χ2n) is 7.26. The molecule has 0 unspecified atom stereocenters. The minimum absolute atomic E-state index is 0.0582. The Hall–Kier alpha value is -3.18. The van der Waals surface area contributed by atoms with E-state index in [1.807, 2.05) is 26.0 Å². The molecule has 8 nitrogen and oxygen atoms in total. The number of amides is 1. The number of anilines is 1. The van der Waals surface area contributed by atoms with Gasteiger partial charge in [-0.15, -0.1) is 0 Å². The maximum absolute atomic E-state index is 12.7. The van der Waals surface area contributed by atoms with Crippen molar-refractivity contribution in [2.75, 3.05) is 39.1 Å². The van der Waals surface area contributed by atoms with Gasteiger partial charge in [0.1, 0.15) is 0 Å². The van der Waals surface area contributed by atoms with Gasteiger partial charge in [-0.3, -0.25) is 19.5 Å². The monoisotopic (exact) mass is 380 g/mol. The largest absolute Gasteiger partial charge is 0.348 e. The summed E-state index contributed by atoms with van der Waals surface area (Å²) in [6, 6.07) is 10.5. The van der Waals surface area contributed by atoms with E-state index in [1.54, 1.807) is 29.2 Å². The van der Waals surface area contributed by atoms with Crippen LogP contribution in [0.25, 0.3) is 0 Å². The Balaban J connectivity index is 1.66. The van der Waals surface area contributed by atoms with Gasteiger partial charge in [-0.05, 0) is 31.7 Å². The van der Waals surface area contributed by atoms with Gasteiger partial charge >= 0.3 is 0 Å². The van der Waals surface area contributed by atoms with Crippen LogP contribution in [0.5, 0.6) is 0 Å². The van der Waals surface area contributed by atoms with E-state index in [9.17, 15) is 9.59 Å². The second kappa shape index (κ2) is 8.23. The molecule has 2 aromatic rings. The Morgan fingerprint density at radius 3 is 2.86 bits per heavy atom. The van der Waals surface area contributed by atoms with Gasteiger partial charge in [-0.25, -0.2) is 4.98 Å². The molecule has 1 N–H and O–H groups in total. The highest BCUT2D eigenvalue weighted by Gasteiger charge is 2.29. The summed E-state index contributed by atoms with van der Waals surface area (Å²) in [6.45, 7) is 1.80. The fourth-order valence-electron chi connectivity index (χ4n) is 3.36. The van der Waals surface area contributed by atoms with Crippen LogP contribution in [0.3, 0.4) is 0 Å². The van der Waals surface area contributed by atoms with Crippen LogP contribution in [0.15, 0.2) is 35.1 Å². The number of nitrogens with one attached hydrogen (secondary N) is 1. The fraction of sp³-hybridized carbons (Fsp3) is 0.400. The van der Waals surface area contributed by atoms with E-state index in [0.717, 1.165) is 6.42 Å². The summed E-state index contributed by atoms with van der Waals surface area (Å²) in [5, 5.41) is 9.02. The zero-order valence-electron chi connectivity index (χ0n) is 16.3. The lowest BCUT2D eigenvalue weighted by Gasteiger charge is -2.24. The first-order valence-electron chi connectivity index (χ1n) is 9.14. The highest BCUT2D eigenvalue weighted by atomic mass is 16.2. The van der Waals surface area contributed by atoms with Crippen LogP contribution in [0, 0.1) is 11.3 Å². The molecule has 1 saturated heterocycles. The third-order valence-electron chi connectivity index (χ3n) is 4.93. The summed E-state index contributed by atoms with van der Waals surface area (Å²) in [5.41, 5.74) is 1.54. The number of nitriles is 1. The maximum Gasteiger partial charge on any atom is 0.253 e. The molecule has 2 heterocycles. The number of carbonyl (C=O) groups is 1. The molecule has 0 spiro atoms. The molecule has 0 aliphatic carbocycles. The maximum atomic E-state index is 12.7. The van der Waals surface area contributed by atoms with Crippen molar-refractivity contribution in [1.82, 2.24) is 19.8 Å². The predicted octanol–water partition coefficient (Wildman–Crippen LogP) is 1.05. The lowest BCUT2D eigenvalue weighted by molar-refractivity contribution is 0.0779. The Kier molecular flexibility index (Phi) is 5.76. The summed E-state index contributed by atoms with van der Waals surface area (Å²) in [5.74, 6) is 0.466. The summed E-state index contributed by atoms with van der Waals surface area (Å²) in [7, 11) is 5.63. The average Bonchev–Trinajstić information content (AvgIpc) is 3.17. The minimum atomic E-state index is -0.178. The molecule has 1 atom stereocenters. The number of rotatable bonds is 5. The molecule has 1 amide bonds. The van der Waals surface area contributed by atoms with Crippen LogP contribution < -0.4 is 10.5 Å². The first-order chi connectivity index (χ1) is 13.4. The van der Waals surface area contributed by atoms with E-state index in [1.165, 1.54) is 6.07 Å². The predicted molar refractivity (Wildman–Crippen MR) is 106 cm³/mol. The van der Waals surface area contributed by atoms with E-state index in [2.05, 4.69) is 20.9 Å². The summed E-state index contributed by atoms with van der Waals surface area (Å²) in [6.07, 6.45) is 0.851. The summed E-state index contributed by atoms with van der Waals surface area (Å²) < 4.78 is 0. The lowest BCUT2D eigenvalue weighted by Crippen LogP contribution is -2.36. The topological polar surface area (TPSA) is 96.3 Å². The van der Waals surface area contributed by atoms with Crippen molar-refractivity contribution < 1.29 is 4.79 Å². The summed E-state index contributed by atoms with van der Waals surface area (Å²) in [4.78, 5) is 37.5. The molecule has 1 aliphatic rings. The van der Waals surface area contributed by atoms with Crippen molar-refractivity contribution >= 4 is 11.9 Å². The highest BCUT2D eigenvalue weighted by Crippen LogP contribution is 2.19. The molecule has 0 bridgehead atoms. The van der Waals surface area contributed by atoms with Crippen LogP contribution in [-0.4, -0.2) is 65.9 Å². The lowest BCUT2D eigenvalue weighted by atomic mass is 10.1. The molecule has 1 aromatic heterocycles. The molecule has 146 valence electrons. The molecule has 1 aliphatic heterocycles. The van der Waals surface area contributed by atoms with E-state index in [4.69, 9.17) is 5.26 Å². The van der Waals surface area contributed by atoms with Gasteiger partial charge in [0.15, 0.2) is 0 Å². The summed E-state index contributed by atoms with van der Waals surface area (Å²) >= 11 is 0. The number of nitrogens with zero attached hydrogens (tertiary/aromatic N) is 5. The van der Waals surface area contributed by atoms with E-state index in [-0.39, 0.29) is 17.5 Å². The van der Waals surface area contributed by atoms with Gasteiger partial charge < -0.3 is 9.80 Å². The van der Waals surface area contributed by atoms with Gasteiger partial charge in [-0.1, -0.05) is 6.07 Å². The molecule has 1 fully saturated rings. The van der Waals surface area contributed by atoms with Crippen molar-refractivity contribution in [3.8, 4) is 6.07 Å². The Morgan fingerprint density at radius 2 is 2.14 bits per heavy atom. The highest BCUT2D eigenvalue weighted by molar-refractivity contribution is 5.94. The van der Waals surface area contributed by atoms with Gasteiger partial charge in [0, 0.05) is 51.4 Å². The number of likely N-dealkylation sites (tertiary alicyclic amines) is 1. The fourth-order valence-corrected chi connectivity index (χ4v) is 3.36. The third-order valence-corrected chi connectivity index (χ3v) is 4.93. The van der Waals surface area contributed by atoms with Crippen molar-refractivity contribution in [3.05, 3.63) is 57.5 Å². The van der Waals surface area contributed by atoms with Crippen molar-refractivity contribution in [2.24, 2.45) is 0 Å².